The topological polar surface area (TPSA) is 61.7 Å². The number of nitrogens with one attached hydrogen (secondary N) is 1. The number of carbonyl (C=O) groups is 1. The Hall–Kier alpha value is -2.72. The molecule has 0 saturated heterocycles. The van der Waals surface area contributed by atoms with Crippen molar-refractivity contribution in [1.82, 2.24) is 5.43 Å². The van der Waals surface area contributed by atoms with Gasteiger partial charge < -0.3 is 5.11 Å². The molecule has 2 N–H and O–H groups in total. The van der Waals surface area contributed by atoms with Crippen LogP contribution >= 0.6 is 0 Å². The summed E-state index contributed by atoms with van der Waals surface area (Å²) in [6.45, 7) is 1.89. The van der Waals surface area contributed by atoms with Crippen molar-refractivity contribution in [1.29, 1.82) is 0 Å². The standard InChI is InChI=1S/C18H18N2O2/c1-14(12-15-8-4-2-5-9-15)13-19-20-18(22)17(21)16-10-6-3-7-11-16/h2-13,17,21H,1H3,(H,20,22)/b14-12+,19-13-/t17-/m1/s1. The highest BCUT2D eigenvalue weighted by atomic mass is 16.3. The molecule has 2 aromatic rings. The number of aliphatic hydroxyl groups is 1. The molecule has 0 aliphatic heterocycles. The summed E-state index contributed by atoms with van der Waals surface area (Å²) in [5.41, 5.74) is 4.82. The van der Waals surface area contributed by atoms with Gasteiger partial charge in [0.2, 0.25) is 0 Å². The second kappa shape index (κ2) is 7.90. The highest BCUT2D eigenvalue weighted by Crippen LogP contribution is 2.11. The summed E-state index contributed by atoms with van der Waals surface area (Å²) in [4.78, 5) is 11.8. The molecular formula is C18H18N2O2. The van der Waals surface area contributed by atoms with E-state index in [1.807, 2.05) is 49.4 Å². The number of aliphatic hydroxyl groups excluding tert-OH is 1. The smallest absolute Gasteiger partial charge is 0.273 e. The van der Waals surface area contributed by atoms with Crippen molar-refractivity contribution < 1.29 is 9.90 Å². The van der Waals surface area contributed by atoms with Gasteiger partial charge in [-0.2, -0.15) is 5.10 Å². The van der Waals surface area contributed by atoms with Crippen LogP contribution in [0.2, 0.25) is 0 Å². The number of allylic oxidation sites excluding steroid dienone is 1. The van der Waals surface area contributed by atoms with Crippen LogP contribution in [0.1, 0.15) is 24.2 Å². The Labute approximate surface area is 129 Å². The van der Waals surface area contributed by atoms with Crippen molar-refractivity contribution in [2.75, 3.05) is 0 Å². The van der Waals surface area contributed by atoms with Crippen LogP contribution in [-0.4, -0.2) is 17.2 Å². The molecular weight excluding hydrogens is 276 g/mol. The van der Waals surface area contributed by atoms with Gasteiger partial charge in [0, 0.05) is 0 Å². The van der Waals surface area contributed by atoms with Crippen LogP contribution in [0.25, 0.3) is 6.08 Å². The van der Waals surface area contributed by atoms with Gasteiger partial charge in [0.1, 0.15) is 0 Å². The van der Waals surface area contributed by atoms with Crippen molar-refractivity contribution in [3.8, 4) is 0 Å². The van der Waals surface area contributed by atoms with Gasteiger partial charge in [-0.05, 0) is 23.6 Å². The zero-order valence-corrected chi connectivity index (χ0v) is 12.3. The molecule has 2 rings (SSSR count). The molecule has 0 saturated carbocycles. The van der Waals surface area contributed by atoms with E-state index in [4.69, 9.17) is 0 Å². The van der Waals surface area contributed by atoms with Gasteiger partial charge in [-0.3, -0.25) is 4.79 Å². The van der Waals surface area contributed by atoms with E-state index in [-0.39, 0.29) is 0 Å². The van der Waals surface area contributed by atoms with Gasteiger partial charge in [0.25, 0.3) is 5.91 Å². The Bertz CT molecular complexity index is 664. The maximum Gasteiger partial charge on any atom is 0.273 e. The number of hydrogen-bond acceptors (Lipinski definition) is 3. The molecule has 0 aliphatic carbocycles. The third kappa shape index (κ3) is 4.68. The maximum absolute atomic E-state index is 11.8. The Morgan fingerprint density at radius 3 is 2.32 bits per heavy atom. The predicted molar refractivity (Wildman–Crippen MR) is 88.1 cm³/mol. The lowest BCUT2D eigenvalue weighted by Gasteiger charge is -2.08. The molecule has 112 valence electrons. The number of nitrogens with zero attached hydrogens (tertiary/aromatic N) is 1. The summed E-state index contributed by atoms with van der Waals surface area (Å²) in [5.74, 6) is -0.560. The summed E-state index contributed by atoms with van der Waals surface area (Å²) in [6.07, 6.45) is 2.27. The fourth-order valence-corrected chi connectivity index (χ4v) is 1.89. The lowest BCUT2D eigenvalue weighted by Crippen LogP contribution is -2.25. The Balaban J connectivity index is 1.92. The van der Waals surface area contributed by atoms with Gasteiger partial charge >= 0.3 is 0 Å². The molecule has 1 amide bonds. The van der Waals surface area contributed by atoms with E-state index in [1.54, 1.807) is 30.5 Å². The molecule has 4 heteroatoms. The van der Waals surface area contributed by atoms with Crippen LogP contribution in [0.3, 0.4) is 0 Å². The van der Waals surface area contributed by atoms with E-state index >= 15 is 0 Å². The van der Waals surface area contributed by atoms with Crippen LogP contribution in [0.5, 0.6) is 0 Å². The van der Waals surface area contributed by atoms with E-state index in [0.29, 0.717) is 5.56 Å². The third-order valence-corrected chi connectivity index (χ3v) is 3.00. The minimum atomic E-state index is -1.23. The predicted octanol–water partition coefficient (Wildman–Crippen LogP) is 2.93. The monoisotopic (exact) mass is 294 g/mol. The van der Waals surface area contributed by atoms with Crippen molar-refractivity contribution in [3.05, 3.63) is 77.4 Å². The molecule has 0 spiro atoms. The van der Waals surface area contributed by atoms with Crippen LogP contribution in [0, 0.1) is 0 Å². The van der Waals surface area contributed by atoms with Crippen molar-refractivity contribution in [2.24, 2.45) is 5.10 Å². The molecule has 0 aromatic heterocycles. The van der Waals surface area contributed by atoms with Crippen molar-refractivity contribution in [2.45, 2.75) is 13.0 Å². The minimum absolute atomic E-state index is 0.534. The van der Waals surface area contributed by atoms with E-state index in [0.717, 1.165) is 11.1 Å². The average Bonchev–Trinajstić information content (AvgIpc) is 2.55. The number of carbonyl (C=O) groups excluding carboxylic acids is 1. The Kier molecular flexibility index (Phi) is 5.63. The SMILES string of the molecule is CC(/C=N\NC(=O)[C@H](O)c1ccccc1)=C\c1ccccc1. The van der Waals surface area contributed by atoms with E-state index in [1.165, 1.54) is 0 Å². The van der Waals surface area contributed by atoms with E-state index in [9.17, 15) is 9.90 Å². The van der Waals surface area contributed by atoms with E-state index in [2.05, 4.69) is 10.5 Å². The Morgan fingerprint density at radius 1 is 1.09 bits per heavy atom. The fourth-order valence-electron chi connectivity index (χ4n) is 1.89. The molecule has 4 nitrogen and oxygen atoms in total. The summed E-state index contributed by atoms with van der Waals surface area (Å²) in [7, 11) is 0. The second-order valence-corrected chi connectivity index (χ2v) is 4.85. The summed E-state index contributed by atoms with van der Waals surface area (Å²) >= 11 is 0. The molecule has 0 heterocycles. The Morgan fingerprint density at radius 2 is 1.68 bits per heavy atom. The molecule has 0 aliphatic rings. The summed E-state index contributed by atoms with van der Waals surface area (Å²) in [5, 5.41) is 13.8. The fraction of sp³-hybridized carbons (Fsp3) is 0.111. The highest BCUT2D eigenvalue weighted by molar-refractivity contribution is 5.87. The number of rotatable bonds is 5. The maximum atomic E-state index is 11.8. The molecule has 0 radical (unpaired) electrons. The molecule has 22 heavy (non-hydrogen) atoms. The van der Waals surface area contributed by atoms with Gasteiger partial charge in [-0.15, -0.1) is 0 Å². The summed E-state index contributed by atoms with van der Waals surface area (Å²) < 4.78 is 0. The number of hydrogen-bond donors (Lipinski definition) is 2. The van der Waals surface area contributed by atoms with Crippen LogP contribution in [-0.2, 0) is 4.79 Å². The van der Waals surface area contributed by atoms with Crippen molar-refractivity contribution in [3.63, 3.8) is 0 Å². The number of amides is 1. The number of benzene rings is 2. The van der Waals surface area contributed by atoms with Gasteiger partial charge in [0.15, 0.2) is 6.10 Å². The molecule has 2 aromatic carbocycles. The zero-order chi connectivity index (χ0) is 15.8. The second-order valence-electron chi connectivity index (χ2n) is 4.85. The largest absolute Gasteiger partial charge is 0.378 e. The third-order valence-electron chi connectivity index (χ3n) is 3.00. The normalized spacial score (nSPS) is 13.1. The van der Waals surface area contributed by atoms with Crippen LogP contribution in [0.4, 0.5) is 0 Å². The highest BCUT2D eigenvalue weighted by Gasteiger charge is 2.15. The van der Waals surface area contributed by atoms with Crippen LogP contribution in [0.15, 0.2) is 71.3 Å². The first-order valence-electron chi connectivity index (χ1n) is 6.96. The number of hydrazone groups is 1. The summed E-state index contributed by atoms with van der Waals surface area (Å²) in [6, 6.07) is 18.6. The van der Waals surface area contributed by atoms with Crippen LogP contribution < -0.4 is 5.43 Å². The first-order valence-corrected chi connectivity index (χ1v) is 6.96. The zero-order valence-electron chi connectivity index (χ0n) is 12.3. The first-order chi connectivity index (χ1) is 10.7. The first kappa shape index (κ1) is 15.7. The molecule has 1 atom stereocenters. The molecule has 0 bridgehead atoms. The lowest BCUT2D eigenvalue weighted by molar-refractivity contribution is -0.129. The molecule has 0 unspecified atom stereocenters. The minimum Gasteiger partial charge on any atom is -0.378 e. The van der Waals surface area contributed by atoms with Crippen molar-refractivity contribution >= 4 is 18.2 Å². The lowest BCUT2D eigenvalue weighted by atomic mass is 10.1. The quantitative estimate of drug-likeness (QED) is 0.658. The van der Waals surface area contributed by atoms with E-state index < -0.39 is 12.0 Å². The average molecular weight is 294 g/mol. The van der Waals surface area contributed by atoms with Gasteiger partial charge in [-0.25, -0.2) is 5.43 Å². The molecule has 0 fully saturated rings. The van der Waals surface area contributed by atoms with Gasteiger partial charge in [0.05, 0.1) is 6.21 Å². The van der Waals surface area contributed by atoms with Gasteiger partial charge in [-0.1, -0.05) is 66.7 Å².